The van der Waals surface area contributed by atoms with Gasteiger partial charge in [0.2, 0.25) is 0 Å². The Morgan fingerprint density at radius 3 is 2.47 bits per heavy atom. The molecule has 5 nitrogen and oxygen atoms in total. The quantitative estimate of drug-likeness (QED) is 0.581. The molecule has 6 heteroatoms. The maximum atomic E-state index is 10.8. The first kappa shape index (κ1) is 16.2. The monoisotopic (exact) mass is 287 g/mol. The van der Waals surface area contributed by atoms with E-state index in [0.29, 0.717) is 0 Å². The van der Waals surface area contributed by atoms with Crippen molar-refractivity contribution in [2.24, 2.45) is 11.8 Å². The third-order valence-electron chi connectivity index (χ3n) is 4.25. The van der Waals surface area contributed by atoms with Crippen molar-refractivity contribution in [2.45, 2.75) is 51.4 Å². The molecule has 1 fully saturated rings. The van der Waals surface area contributed by atoms with Crippen LogP contribution in [0, 0.1) is 11.8 Å². The first-order valence-electron chi connectivity index (χ1n) is 6.68. The summed E-state index contributed by atoms with van der Waals surface area (Å²) < 4.78 is 6.26. The number of carboxylic acid groups (broad SMARTS) is 1. The van der Waals surface area contributed by atoms with Crippen molar-refractivity contribution in [2.75, 3.05) is 6.54 Å². The number of carbonyl (C=O) groups is 2. The highest BCUT2D eigenvalue weighted by Crippen LogP contribution is 2.44. The summed E-state index contributed by atoms with van der Waals surface area (Å²) in [5, 5.41) is 11.2. The summed E-state index contributed by atoms with van der Waals surface area (Å²) in [6, 6.07) is 0. The van der Waals surface area contributed by atoms with E-state index in [1.54, 1.807) is 0 Å². The highest BCUT2D eigenvalue weighted by molar-refractivity contribution is 6.74. The number of rotatable bonds is 6. The molecule has 0 radical (unpaired) electrons. The Hall–Kier alpha value is -0.883. The van der Waals surface area contributed by atoms with Crippen LogP contribution in [0.1, 0.15) is 27.2 Å². The Labute approximate surface area is 115 Å². The summed E-state index contributed by atoms with van der Waals surface area (Å²) >= 11 is 0. The van der Waals surface area contributed by atoms with Gasteiger partial charge in [-0.1, -0.05) is 20.8 Å². The normalized spacial score (nSPS) is 24.7. The molecule has 0 heterocycles. The maximum Gasteiger partial charge on any atom is 0.404 e. The van der Waals surface area contributed by atoms with Gasteiger partial charge in [0.25, 0.3) is 0 Å². The Morgan fingerprint density at radius 2 is 2.11 bits per heavy atom. The molecule has 0 aromatic carbocycles. The smallest absolute Gasteiger partial charge is 0.404 e. The van der Waals surface area contributed by atoms with Crippen molar-refractivity contribution < 1.29 is 19.1 Å². The molecule has 110 valence electrons. The van der Waals surface area contributed by atoms with Gasteiger partial charge in [0, 0.05) is 12.5 Å². The molecule has 1 aliphatic carbocycles. The second kappa shape index (κ2) is 5.62. The minimum absolute atomic E-state index is 0.0327. The van der Waals surface area contributed by atoms with E-state index in [1.165, 1.54) is 0 Å². The summed E-state index contributed by atoms with van der Waals surface area (Å²) in [6.45, 7) is 11.0. The third-order valence-corrected chi connectivity index (χ3v) is 8.75. The first-order chi connectivity index (χ1) is 8.58. The predicted octanol–water partition coefficient (Wildman–Crippen LogP) is 2.48. The van der Waals surface area contributed by atoms with Crippen LogP contribution in [0.4, 0.5) is 4.79 Å². The average molecular weight is 287 g/mol. The fraction of sp³-hybridized carbons (Fsp3) is 0.846. The van der Waals surface area contributed by atoms with Gasteiger partial charge in [-0.15, -0.1) is 0 Å². The number of aldehydes is 1. The van der Waals surface area contributed by atoms with E-state index in [2.05, 4.69) is 39.2 Å². The van der Waals surface area contributed by atoms with Gasteiger partial charge in [-0.05, 0) is 30.5 Å². The summed E-state index contributed by atoms with van der Waals surface area (Å²) in [5.41, 5.74) is 0. The lowest BCUT2D eigenvalue weighted by Crippen LogP contribution is -2.47. The molecule has 1 amide bonds. The largest absolute Gasteiger partial charge is 0.465 e. The molecule has 0 aromatic rings. The summed E-state index contributed by atoms with van der Waals surface area (Å²) in [5.74, 6) is 0.198. The Kier molecular flexibility index (Phi) is 4.79. The van der Waals surface area contributed by atoms with Gasteiger partial charge in [-0.2, -0.15) is 0 Å². The van der Waals surface area contributed by atoms with Crippen LogP contribution >= 0.6 is 0 Å². The molecule has 0 aromatic heterocycles. The van der Waals surface area contributed by atoms with Gasteiger partial charge in [0.05, 0.1) is 6.10 Å². The third kappa shape index (κ3) is 4.31. The molecule has 1 rings (SSSR count). The van der Waals surface area contributed by atoms with Gasteiger partial charge in [0.1, 0.15) is 6.29 Å². The Balaban J connectivity index is 2.69. The van der Waals surface area contributed by atoms with E-state index in [-0.39, 0.29) is 29.5 Å². The van der Waals surface area contributed by atoms with Crippen LogP contribution in [0.3, 0.4) is 0 Å². The van der Waals surface area contributed by atoms with Gasteiger partial charge < -0.3 is 19.6 Å². The summed E-state index contributed by atoms with van der Waals surface area (Å²) in [7, 11) is -1.95. The molecule has 1 saturated carbocycles. The second-order valence-electron chi connectivity index (χ2n) is 6.80. The van der Waals surface area contributed by atoms with Crippen molar-refractivity contribution in [1.82, 2.24) is 5.32 Å². The van der Waals surface area contributed by atoms with E-state index in [0.717, 1.165) is 12.7 Å². The lowest BCUT2D eigenvalue weighted by Gasteiger charge is -2.39. The molecular weight excluding hydrogens is 262 g/mol. The van der Waals surface area contributed by atoms with Crippen LogP contribution in [-0.2, 0) is 9.22 Å². The molecule has 1 unspecified atom stereocenters. The molecule has 3 atom stereocenters. The lowest BCUT2D eigenvalue weighted by atomic mass is 10.2. The predicted molar refractivity (Wildman–Crippen MR) is 75.8 cm³/mol. The number of carbonyl (C=O) groups excluding carboxylic acids is 1. The SMILES string of the molecule is CC(C)(C)[Si](C)(C)OC(CNC(=O)O)[C@H]1C[C@@H]1C=O. The van der Waals surface area contributed by atoms with E-state index in [9.17, 15) is 9.59 Å². The molecular formula is C13H25NO4Si. The van der Waals surface area contributed by atoms with Crippen LogP contribution in [-0.4, -0.2) is 38.5 Å². The average Bonchev–Trinajstić information content (AvgIpc) is 3.01. The van der Waals surface area contributed by atoms with Crippen molar-refractivity contribution in [3.63, 3.8) is 0 Å². The topological polar surface area (TPSA) is 75.6 Å². The van der Waals surface area contributed by atoms with Gasteiger partial charge in [0.15, 0.2) is 8.32 Å². The molecule has 0 spiro atoms. The van der Waals surface area contributed by atoms with Crippen LogP contribution < -0.4 is 5.32 Å². The molecule has 1 aliphatic rings. The molecule has 19 heavy (non-hydrogen) atoms. The van der Waals surface area contributed by atoms with Crippen LogP contribution in [0.5, 0.6) is 0 Å². The fourth-order valence-corrected chi connectivity index (χ4v) is 3.21. The van der Waals surface area contributed by atoms with Gasteiger partial charge in [-0.3, -0.25) is 0 Å². The maximum absolute atomic E-state index is 10.8. The highest BCUT2D eigenvalue weighted by atomic mass is 28.4. The standard InChI is InChI=1S/C13H25NO4Si/c1-13(2,3)19(4,5)18-11(7-14-12(16)17)10-6-9(10)8-15/h8-11,14H,6-7H2,1-5H3,(H,16,17)/t9-,10+,11?/m1/s1. The number of nitrogens with one attached hydrogen (secondary N) is 1. The molecule has 0 bridgehead atoms. The number of amides is 1. The van der Waals surface area contributed by atoms with Crippen LogP contribution in [0.2, 0.25) is 18.1 Å². The Bertz CT molecular complexity index is 351. The van der Waals surface area contributed by atoms with Crippen molar-refractivity contribution in [3.8, 4) is 0 Å². The zero-order valence-electron chi connectivity index (χ0n) is 12.4. The second-order valence-corrected chi connectivity index (χ2v) is 11.6. The molecule has 0 saturated heterocycles. The van der Waals surface area contributed by atoms with Crippen LogP contribution in [0.25, 0.3) is 0 Å². The molecule has 2 N–H and O–H groups in total. The highest BCUT2D eigenvalue weighted by Gasteiger charge is 2.47. The van der Waals surface area contributed by atoms with Gasteiger partial charge >= 0.3 is 6.09 Å². The van der Waals surface area contributed by atoms with E-state index in [1.807, 2.05) is 0 Å². The van der Waals surface area contributed by atoms with Crippen molar-refractivity contribution in [1.29, 1.82) is 0 Å². The fourth-order valence-electron chi connectivity index (χ4n) is 1.84. The zero-order chi connectivity index (χ0) is 14.8. The zero-order valence-corrected chi connectivity index (χ0v) is 13.4. The minimum Gasteiger partial charge on any atom is -0.465 e. The minimum atomic E-state index is -1.95. The van der Waals surface area contributed by atoms with Gasteiger partial charge in [-0.25, -0.2) is 4.79 Å². The molecule has 0 aliphatic heterocycles. The number of hydrogen-bond acceptors (Lipinski definition) is 3. The van der Waals surface area contributed by atoms with E-state index in [4.69, 9.17) is 9.53 Å². The van der Waals surface area contributed by atoms with Crippen LogP contribution in [0.15, 0.2) is 0 Å². The lowest BCUT2D eigenvalue weighted by molar-refractivity contribution is -0.109. The van der Waals surface area contributed by atoms with Crippen molar-refractivity contribution in [3.05, 3.63) is 0 Å². The Morgan fingerprint density at radius 1 is 1.53 bits per heavy atom. The first-order valence-corrected chi connectivity index (χ1v) is 9.59. The summed E-state index contributed by atoms with van der Waals surface area (Å²) in [6.07, 6.45) is 0.525. The summed E-state index contributed by atoms with van der Waals surface area (Å²) in [4.78, 5) is 21.4. The van der Waals surface area contributed by atoms with Crippen molar-refractivity contribution >= 4 is 20.7 Å². The van der Waals surface area contributed by atoms with E-state index < -0.39 is 14.4 Å². The number of hydrogen-bond donors (Lipinski definition) is 2. The van der Waals surface area contributed by atoms with E-state index >= 15 is 0 Å².